The van der Waals surface area contributed by atoms with E-state index in [9.17, 15) is 9.59 Å². The van der Waals surface area contributed by atoms with Crippen LogP contribution in [-0.4, -0.2) is 70.1 Å². The Morgan fingerprint density at radius 1 is 0.773 bits per heavy atom. The highest BCUT2D eigenvalue weighted by molar-refractivity contribution is 6.74. The number of carbonyl (C=O) groups is 2. The lowest BCUT2D eigenvalue weighted by Gasteiger charge is -2.36. The number of hydrogen-bond donors (Lipinski definition) is 0. The third-order valence-electron chi connectivity index (χ3n) is 6.87. The summed E-state index contributed by atoms with van der Waals surface area (Å²) in [5.41, 5.74) is 0.936. The predicted molar refractivity (Wildman–Crippen MR) is 179 cm³/mol. The van der Waals surface area contributed by atoms with E-state index in [4.69, 9.17) is 18.6 Å². The molecular weight excluding hydrogens is 574 g/mol. The molecule has 0 fully saturated rings. The van der Waals surface area contributed by atoms with Crippen molar-refractivity contribution in [3.63, 3.8) is 0 Å². The lowest BCUT2D eigenvalue weighted by atomic mass is 10.2. The summed E-state index contributed by atoms with van der Waals surface area (Å²) in [5, 5.41) is 0.133. The maximum absolute atomic E-state index is 13.0. The van der Waals surface area contributed by atoms with Crippen LogP contribution in [0, 0.1) is 11.8 Å². The van der Waals surface area contributed by atoms with Crippen molar-refractivity contribution >= 4 is 32.0 Å². The SMILES string of the molecule is CN(C(=O)OC(C)(C)C)c1ccc(C#Cc2ccc(N(CCOCCO[Si](C)(C)C(C)(C)C)C(=O)OC(C)(C)C)nc2)cc1. The average molecular weight is 626 g/mol. The van der Waals surface area contributed by atoms with E-state index in [2.05, 4.69) is 50.7 Å². The molecule has 0 radical (unpaired) electrons. The van der Waals surface area contributed by atoms with E-state index in [1.165, 1.54) is 9.80 Å². The van der Waals surface area contributed by atoms with Crippen molar-refractivity contribution in [2.24, 2.45) is 0 Å². The molecule has 0 aliphatic rings. The zero-order valence-corrected chi connectivity index (χ0v) is 29.7. The van der Waals surface area contributed by atoms with Gasteiger partial charge >= 0.3 is 12.2 Å². The highest BCUT2D eigenvalue weighted by Crippen LogP contribution is 2.36. The van der Waals surface area contributed by atoms with Crippen LogP contribution in [0.4, 0.5) is 21.1 Å². The molecule has 2 aromatic rings. The molecule has 44 heavy (non-hydrogen) atoms. The number of amides is 2. The van der Waals surface area contributed by atoms with Gasteiger partial charge in [-0.2, -0.15) is 0 Å². The first-order chi connectivity index (χ1) is 20.2. The van der Waals surface area contributed by atoms with Crippen LogP contribution >= 0.6 is 0 Å². The maximum Gasteiger partial charge on any atom is 0.416 e. The summed E-state index contributed by atoms with van der Waals surface area (Å²) in [7, 11) is -0.175. The molecule has 0 saturated carbocycles. The van der Waals surface area contributed by atoms with Crippen molar-refractivity contribution in [1.82, 2.24) is 4.98 Å². The van der Waals surface area contributed by atoms with Gasteiger partial charge < -0.3 is 18.6 Å². The molecule has 0 atom stereocenters. The summed E-state index contributed by atoms with van der Waals surface area (Å²) in [5.74, 6) is 6.65. The monoisotopic (exact) mass is 625 g/mol. The number of ether oxygens (including phenoxy) is 3. The van der Waals surface area contributed by atoms with E-state index < -0.39 is 31.7 Å². The molecule has 10 heteroatoms. The molecule has 1 aromatic carbocycles. The zero-order chi connectivity index (χ0) is 33.3. The number of pyridine rings is 1. The van der Waals surface area contributed by atoms with Gasteiger partial charge in [0.25, 0.3) is 0 Å². The number of rotatable bonds is 9. The highest BCUT2D eigenvalue weighted by Gasteiger charge is 2.36. The molecule has 0 saturated heterocycles. The number of anilines is 2. The minimum absolute atomic E-state index is 0.133. The lowest BCUT2D eigenvalue weighted by Crippen LogP contribution is -2.42. The van der Waals surface area contributed by atoms with Crippen LogP contribution in [0.15, 0.2) is 42.6 Å². The third kappa shape index (κ3) is 12.3. The number of hydrogen-bond acceptors (Lipinski definition) is 7. The Balaban J connectivity index is 2.05. The van der Waals surface area contributed by atoms with Crippen molar-refractivity contribution in [1.29, 1.82) is 0 Å². The molecule has 9 nitrogen and oxygen atoms in total. The summed E-state index contributed by atoms with van der Waals surface area (Å²) in [6.45, 7) is 23.5. The van der Waals surface area contributed by atoms with Gasteiger partial charge in [-0.1, -0.05) is 32.6 Å². The van der Waals surface area contributed by atoms with Gasteiger partial charge in [0.1, 0.15) is 17.0 Å². The summed E-state index contributed by atoms with van der Waals surface area (Å²) in [4.78, 5) is 32.8. The molecule has 2 rings (SSSR count). The molecule has 0 bridgehead atoms. The topological polar surface area (TPSA) is 90.4 Å². The van der Waals surface area contributed by atoms with Gasteiger partial charge in [-0.3, -0.25) is 9.80 Å². The Kier molecular flexibility index (Phi) is 12.6. The zero-order valence-electron chi connectivity index (χ0n) is 28.7. The number of benzene rings is 1. The van der Waals surface area contributed by atoms with Crippen molar-refractivity contribution in [2.45, 2.75) is 91.6 Å². The van der Waals surface area contributed by atoms with Gasteiger partial charge in [0, 0.05) is 30.1 Å². The van der Waals surface area contributed by atoms with Crippen molar-refractivity contribution in [2.75, 3.05) is 43.2 Å². The van der Waals surface area contributed by atoms with Crippen molar-refractivity contribution in [3.05, 3.63) is 53.7 Å². The van der Waals surface area contributed by atoms with E-state index in [0.29, 0.717) is 36.9 Å². The van der Waals surface area contributed by atoms with E-state index in [-0.39, 0.29) is 11.6 Å². The quantitative estimate of drug-likeness (QED) is 0.161. The molecule has 0 N–H and O–H groups in total. The number of carbonyl (C=O) groups excluding carboxylic acids is 2. The van der Waals surface area contributed by atoms with Crippen molar-refractivity contribution < 1.29 is 28.2 Å². The number of nitrogens with zero attached hydrogens (tertiary/aromatic N) is 3. The fraction of sp³-hybridized carbons (Fsp3) is 0.559. The predicted octanol–water partition coefficient (Wildman–Crippen LogP) is 7.63. The second-order valence-electron chi connectivity index (χ2n) is 14.1. The number of aromatic nitrogens is 1. The second kappa shape index (κ2) is 15.1. The molecule has 0 spiro atoms. The molecule has 1 aromatic heterocycles. The van der Waals surface area contributed by atoms with Gasteiger partial charge in [-0.05, 0) is 96.1 Å². The van der Waals surface area contributed by atoms with E-state index in [1.807, 2.05) is 71.9 Å². The van der Waals surface area contributed by atoms with Crippen LogP contribution in [0.2, 0.25) is 18.1 Å². The minimum Gasteiger partial charge on any atom is -0.443 e. The first-order valence-electron chi connectivity index (χ1n) is 15.0. The Morgan fingerprint density at radius 3 is 1.84 bits per heavy atom. The van der Waals surface area contributed by atoms with Gasteiger partial charge in [0.15, 0.2) is 8.32 Å². The van der Waals surface area contributed by atoms with E-state index in [1.54, 1.807) is 19.3 Å². The van der Waals surface area contributed by atoms with Crippen LogP contribution < -0.4 is 9.80 Å². The summed E-state index contributed by atoms with van der Waals surface area (Å²) in [6, 6.07) is 10.9. The first-order valence-corrected chi connectivity index (χ1v) is 17.9. The largest absolute Gasteiger partial charge is 0.443 e. The van der Waals surface area contributed by atoms with Crippen LogP contribution in [0.25, 0.3) is 0 Å². The Bertz CT molecular complexity index is 1290. The molecule has 0 aliphatic heterocycles. The van der Waals surface area contributed by atoms with Crippen LogP contribution in [0.3, 0.4) is 0 Å². The lowest BCUT2D eigenvalue weighted by molar-refractivity contribution is 0.0546. The standard InChI is InChI=1S/C34H51N3O6Si/c1-32(2,3)42-30(38)36(10)28-18-15-26(16-19-28)13-14-27-17-20-29(35-25-27)37(31(39)43-33(4,5)6)21-22-40-23-24-41-44(11,12)34(7,8)9/h15-20,25H,21-24H2,1-12H3. The van der Waals surface area contributed by atoms with Crippen LogP contribution in [0.1, 0.15) is 73.4 Å². The van der Waals surface area contributed by atoms with Gasteiger partial charge in [0.05, 0.1) is 26.4 Å². The first kappa shape index (κ1) is 36.8. The molecule has 242 valence electrons. The summed E-state index contributed by atoms with van der Waals surface area (Å²) >= 11 is 0. The molecular formula is C34H51N3O6Si. The fourth-order valence-corrected chi connectivity index (χ4v) is 4.44. The van der Waals surface area contributed by atoms with Crippen LogP contribution in [0.5, 0.6) is 0 Å². The van der Waals surface area contributed by atoms with Gasteiger partial charge in [0.2, 0.25) is 0 Å². The summed E-state index contributed by atoms with van der Waals surface area (Å²) < 4.78 is 23.0. The maximum atomic E-state index is 13.0. The normalized spacial score (nSPS) is 12.2. The van der Waals surface area contributed by atoms with Gasteiger partial charge in [-0.15, -0.1) is 0 Å². The molecule has 0 unspecified atom stereocenters. The Morgan fingerprint density at radius 2 is 1.32 bits per heavy atom. The fourth-order valence-electron chi connectivity index (χ4n) is 3.41. The average Bonchev–Trinajstić information content (AvgIpc) is 2.89. The van der Waals surface area contributed by atoms with Gasteiger partial charge in [-0.25, -0.2) is 14.6 Å². The summed E-state index contributed by atoms with van der Waals surface area (Å²) in [6.07, 6.45) is 0.699. The Labute approximate surface area is 265 Å². The van der Waals surface area contributed by atoms with Crippen molar-refractivity contribution in [3.8, 4) is 11.8 Å². The molecule has 1 heterocycles. The molecule has 2 amide bonds. The highest BCUT2D eigenvalue weighted by atomic mass is 28.4. The minimum atomic E-state index is -1.84. The van der Waals surface area contributed by atoms with Crippen LogP contribution in [-0.2, 0) is 18.6 Å². The smallest absolute Gasteiger partial charge is 0.416 e. The van der Waals surface area contributed by atoms with E-state index >= 15 is 0 Å². The van der Waals surface area contributed by atoms with E-state index in [0.717, 1.165) is 5.56 Å². The second-order valence-corrected chi connectivity index (χ2v) is 18.9. The molecule has 0 aliphatic carbocycles. The third-order valence-corrected chi connectivity index (χ3v) is 11.4. The Hall–Kier alpha value is -3.39.